The van der Waals surface area contributed by atoms with E-state index in [-0.39, 0.29) is 22.0 Å². The highest BCUT2D eigenvalue weighted by molar-refractivity contribution is 7.12. The minimum absolute atomic E-state index is 0.127. The Bertz CT molecular complexity index is 1170. The van der Waals surface area contributed by atoms with E-state index in [0.29, 0.717) is 5.69 Å². The molecule has 3 aromatic rings. The lowest BCUT2D eigenvalue weighted by molar-refractivity contribution is -0.577. The zero-order valence-corrected chi connectivity index (χ0v) is 17.1. The molecule has 1 N–H and O–H groups in total. The predicted molar refractivity (Wildman–Crippen MR) is 113 cm³/mol. The van der Waals surface area contributed by atoms with Crippen molar-refractivity contribution in [3.8, 4) is 0 Å². The van der Waals surface area contributed by atoms with Crippen molar-refractivity contribution >= 4 is 46.2 Å². The molecule has 0 bridgehead atoms. The molecule has 0 fully saturated rings. The number of anilines is 2. The highest BCUT2D eigenvalue weighted by atomic mass is 32.1. The molecule has 1 aliphatic rings. The molecule has 0 spiro atoms. The number of nitrogens with one attached hydrogen (secondary N) is 1. The van der Waals surface area contributed by atoms with E-state index in [1.165, 1.54) is 7.11 Å². The van der Waals surface area contributed by atoms with Crippen LogP contribution in [0.15, 0.2) is 72.0 Å². The third-order valence-corrected chi connectivity index (χ3v) is 5.49. The molecule has 0 saturated heterocycles. The first-order valence-electron chi connectivity index (χ1n) is 9.10. The lowest BCUT2D eigenvalue weighted by Crippen LogP contribution is -2.39. The smallest absolute Gasteiger partial charge is 0.350 e. The van der Waals surface area contributed by atoms with Gasteiger partial charge in [0.1, 0.15) is 4.88 Å². The first-order valence-corrected chi connectivity index (χ1v) is 9.98. The molecule has 0 radical (unpaired) electrons. The molecule has 1 aliphatic heterocycles. The lowest BCUT2D eigenvalue weighted by atomic mass is 10.2. The van der Waals surface area contributed by atoms with E-state index >= 15 is 0 Å². The maximum atomic E-state index is 13.4. The minimum atomic E-state index is -0.602. The van der Waals surface area contributed by atoms with Crippen LogP contribution in [-0.4, -0.2) is 24.9 Å². The Morgan fingerprint density at radius 1 is 1.03 bits per heavy atom. The van der Waals surface area contributed by atoms with Crippen LogP contribution in [0.2, 0.25) is 0 Å². The van der Waals surface area contributed by atoms with Crippen LogP contribution < -0.4 is 14.8 Å². The van der Waals surface area contributed by atoms with Gasteiger partial charge in [0.25, 0.3) is 5.91 Å². The van der Waals surface area contributed by atoms with Gasteiger partial charge in [0.2, 0.25) is 0 Å². The molecule has 0 unspecified atom stereocenters. The summed E-state index contributed by atoms with van der Waals surface area (Å²) in [7, 11) is 1.26. The number of ether oxygens (including phenoxy) is 1. The van der Waals surface area contributed by atoms with Crippen molar-refractivity contribution in [1.29, 1.82) is 0 Å². The average Bonchev–Trinajstić information content (AvgIpc) is 3.32. The number of amides is 2. The van der Waals surface area contributed by atoms with Gasteiger partial charge in [-0.3, -0.25) is 9.59 Å². The predicted octanol–water partition coefficient (Wildman–Crippen LogP) is 2.98. The molecule has 0 aliphatic carbocycles. The number of carbonyl (C=O) groups excluding carboxylic acids is 3. The molecule has 1 aromatic carbocycles. The molecule has 7 nitrogen and oxygen atoms in total. The van der Waals surface area contributed by atoms with Crippen LogP contribution in [0, 0.1) is 6.92 Å². The standard InChI is InChI=1S/C22H17N3O4S/c1-14-6-8-15(9-7-14)23-17-18(24-11-4-3-5-12-24)21(27)25(20(17)26)16-10-13-30-19(16)22(28)29-2/h3-13H,1-2H3/p+1. The van der Waals surface area contributed by atoms with Crippen molar-refractivity contribution in [2.75, 3.05) is 17.3 Å². The van der Waals surface area contributed by atoms with Crippen molar-refractivity contribution < 1.29 is 23.7 Å². The fourth-order valence-corrected chi connectivity index (χ4v) is 3.93. The van der Waals surface area contributed by atoms with Crippen LogP contribution in [-0.2, 0) is 14.3 Å². The van der Waals surface area contributed by atoms with Crippen LogP contribution in [0.4, 0.5) is 11.4 Å². The molecule has 0 saturated carbocycles. The van der Waals surface area contributed by atoms with Crippen LogP contribution in [0.1, 0.15) is 15.2 Å². The number of rotatable bonds is 5. The molecular formula is C22H18N3O4S+. The molecule has 30 heavy (non-hydrogen) atoms. The van der Waals surface area contributed by atoms with E-state index in [2.05, 4.69) is 5.32 Å². The van der Waals surface area contributed by atoms with Crippen LogP contribution >= 0.6 is 11.3 Å². The van der Waals surface area contributed by atoms with Gasteiger partial charge in [-0.1, -0.05) is 23.8 Å². The fraction of sp³-hybridized carbons (Fsp3) is 0.0909. The summed E-state index contributed by atoms with van der Waals surface area (Å²) in [6.45, 7) is 1.96. The summed E-state index contributed by atoms with van der Waals surface area (Å²) < 4.78 is 6.38. The summed E-state index contributed by atoms with van der Waals surface area (Å²) in [5.74, 6) is -1.68. The highest BCUT2D eigenvalue weighted by Crippen LogP contribution is 2.33. The summed E-state index contributed by atoms with van der Waals surface area (Å²) in [6.07, 6.45) is 3.38. The zero-order valence-electron chi connectivity index (χ0n) is 16.3. The Kier molecular flexibility index (Phi) is 5.16. The van der Waals surface area contributed by atoms with Crippen LogP contribution in [0.25, 0.3) is 5.70 Å². The number of nitrogens with zero attached hydrogens (tertiary/aromatic N) is 2. The van der Waals surface area contributed by atoms with Gasteiger partial charge in [-0.05, 0) is 30.5 Å². The van der Waals surface area contributed by atoms with E-state index in [1.54, 1.807) is 40.5 Å². The molecule has 2 aromatic heterocycles. The second-order valence-electron chi connectivity index (χ2n) is 6.57. The minimum Gasteiger partial charge on any atom is -0.465 e. The Morgan fingerprint density at radius 2 is 1.73 bits per heavy atom. The third-order valence-electron chi connectivity index (χ3n) is 4.61. The number of benzene rings is 1. The molecule has 150 valence electrons. The van der Waals surface area contributed by atoms with Gasteiger partial charge in [-0.15, -0.1) is 11.3 Å². The average molecular weight is 420 g/mol. The van der Waals surface area contributed by atoms with E-state index in [9.17, 15) is 14.4 Å². The lowest BCUT2D eigenvalue weighted by Gasteiger charge is -2.14. The second-order valence-corrected chi connectivity index (χ2v) is 7.49. The maximum absolute atomic E-state index is 13.4. The number of hydrogen-bond acceptors (Lipinski definition) is 6. The van der Waals surface area contributed by atoms with E-state index in [4.69, 9.17) is 4.74 Å². The summed E-state index contributed by atoms with van der Waals surface area (Å²) >= 11 is 1.11. The van der Waals surface area contributed by atoms with Gasteiger partial charge in [-0.25, -0.2) is 9.69 Å². The van der Waals surface area contributed by atoms with Crippen LogP contribution in [0.5, 0.6) is 0 Å². The third kappa shape index (κ3) is 3.37. The zero-order chi connectivity index (χ0) is 21.3. The number of methoxy groups -OCH3 is 1. The number of esters is 1. The normalized spacial score (nSPS) is 13.7. The van der Waals surface area contributed by atoms with Crippen molar-refractivity contribution in [3.05, 3.63) is 82.4 Å². The second kappa shape index (κ2) is 7.92. The van der Waals surface area contributed by atoms with Crippen LogP contribution in [0.3, 0.4) is 0 Å². The number of imide groups is 1. The van der Waals surface area contributed by atoms with Gasteiger partial charge in [-0.2, -0.15) is 4.57 Å². The van der Waals surface area contributed by atoms with Gasteiger partial charge in [0.05, 0.1) is 12.8 Å². The SMILES string of the molecule is COC(=O)c1sccc1N1C(=O)C(Nc2ccc(C)cc2)=C([n+]2ccccc2)C1=O. The van der Waals surface area contributed by atoms with Gasteiger partial charge >= 0.3 is 17.6 Å². The number of aromatic nitrogens is 1. The number of pyridine rings is 1. The summed E-state index contributed by atoms with van der Waals surface area (Å²) in [5, 5.41) is 4.73. The molecule has 4 rings (SSSR count). The Morgan fingerprint density at radius 3 is 2.40 bits per heavy atom. The molecular weight excluding hydrogens is 402 g/mol. The van der Waals surface area contributed by atoms with E-state index in [1.807, 2.05) is 37.3 Å². The number of thiophene rings is 1. The maximum Gasteiger partial charge on any atom is 0.350 e. The summed E-state index contributed by atoms with van der Waals surface area (Å²) in [6, 6.07) is 14.4. The first-order chi connectivity index (χ1) is 14.5. The molecule has 3 heterocycles. The summed E-state index contributed by atoms with van der Waals surface area (Å²) in [4.78, 5) is 40.1. The number of hydrogen-bond donors (Lipinski definition) is 1. The Labute approximate surface area is 176 Å². The van der Waals surface area contributed by atoms with Gasteiger partial charge in [0.15, 0.2) is 18.1 Å². The first kappa shape index (κ1) is 19.5. The van der Waals surface area contributed by atoms with Crippen molar-refractivity contribution in [3.63, 3.8) is 0 Å². The summed E-state index contributed by atoms with van der Waals surface area (Å²) in [5.41, 5.74) is 2.25. The molecule has 2 amide bonds. The highest BCUT2D eigenvalue weighted by Gasteiger charge is 2.47. The fourth-order valence-electron chi connectivity index (χ4n) is 3.14. The molecule has 8 heteroatoms. The Hall–Kier alpha value is -3.78. The Balaban J connectivity index is 1.81. The van der Waals surface area contributed by atoms with Gasteiger partial charge in [0, 0.05) is 17.8 Å². The molecule has 0 atom stereocenters. The van der Waals surface area contributed by atoms with Crippen molar-refractivity contribution in [2.24, 2.45) is 0 Å². The number of aryl methyl sites for hydroxylation is 1. The van der Waals surface area contributed by atoms with Crippen molar-refractivity contribution in [2.45, 2.75) is 6.92 Å². The monoisotopic (exact) mass is 420 g/mol. The van der Waals surface area contributed by atoms with Gasteiger partial charge < -0.3 is 10.1 Å². The van der Waals surface area contributed by atoms with E-state index < -0.39 is 17.8 Å². The van der Waals surface area contributed by atoms with E-state index in [0.717, 1.165) is 21.8 Å². The topological polar surface area (TPSA) is 79.6 Å². The van der Waals surface area contributed by atoms with Crippen molar-refractivity contribution in [1.82, 2.24) is 0 Å². The number of carbonyl (C=O) groups is 3. The quantitative estimate of drug-likeness (QED) is 0.390. The largest absolute Gasteiger partial charge is 0.465 e.